The lowest BCUT2D eigenvalue weighted by Crippen LogP contribution is -2.37. The lowest BCUT2D eigenvalue weighted by Gasteiger charge is -2.26. The number of piperidine rings is 1. The minimum absolute atomic E-state index is 0.134. The molecule has 1 saturated heterocycles. The number of nitrogens with zero attached hydrogens (tertiary/aromatic N) is 4. The number of benzene rings is 1. The predicted molar refractivity (Wildman–Crippen MR) is 157 cm³/mol. The second-order valence-corrected chi connectivity index (χ2v) is 10.4. The molecule has 0 atom stereocenters. The zero-order valence-corrected chi connectivity index (χ0v) is 23.6. The molecule has 8 heteroatoms. The van der Waals surface area contributed by atoms with Gasteiger partial charge in [0.25, 0.3) is 11.8 Å². The topological polar surface area (TPSA) is 92.2 Å². The Morgan fingerprint density at radius 3 is 2.51 bits per heavy atom. The van der Waals surface area contributed by atoms with Gasteiger partial charge in [-0.1, -0.05) is 25.8 Å². The number of rotatable bonds is 10. The number of aromatic nitrogens is 3. The van der Waals surface area contributed by atoms with Crippen molar-refractivity contribution in [2.75, 3.05) is 31.5 Å². The monoisotopic (exact) mass is 528 g/mol. The van der Waals surface area contributed by atoms with Gasteiger partial charge in [0.05, 0.1) is 11.8 Å². The zero-order valence-electron chi connectivity index (χ0n) is 23.6. The van der Waals surface area contributed by atoms with Gasteiger partial charge in [-0.2, -0.15) is 5.10 Å². The minimum Gasteiger partial charge on any atom is -0.351 e. The zero-order chi connectivity index (χ0) is 27.8. The number of nitrogens with one attached hydrogen (secondary N) is 2. The van der Waals surface area contributed by atoms with Crippen molar-refractivity contribution in [1.29, 1.82) is 0 Å². The van der Waals surface area contributed by atoms with Crippen LogP contribution in [-0.2, 0) is 7.05 Å². The quantitative estimate of drug-likeness (QED) is 0.375. The molecular weight excluding hydrogens is 488 g/mol. The Balaban J connectivity index is 1.46. The molecule has 1 aliphatic heterocycles. The molecule has 1 fully saturated rings. The van der Waals surface area contributed by atoms with Gasteiger partial charge in [-0.05, 0) is 87.2 Å². The Kier molecular flexibility index (Phi) is 9.65. The Bertz CT molecular complexity index is 1340. The Morgan fingerprint density at radius 2 is 1.79 bits per heavy atom. The largest absolute Gasteiger partial charge is 0.351 e. The Morgan fingerprint density at radius 1 is 1.00 bits per heavy atom. The van der Waals surface area contributed by atoms with E-state index in [-0.39, 0.29) is 11.8 Å². The van der Waals surface area contributed by atoms with Crippen molar-refractivity contribution in [3.8, 4) is 0 Å². The van der Waals surface area contributed by atoms with Gasteiger partial charge in [0, 0.05) is 55.0 Å². The summed E-state index contributed by atoms with van der Waals surface area (Å²) in [6.07, 6.45) is 13.2. The van der Waals surface area contributed by atoms with Crippen molar-refractivity contribution in [2.45, 2.75) is 52.9 Å². The van der Waals surface area contributed by atoms with E-state index in [1.54, 1.807) is 23.0 Å². The van der Waals surface area contributed by atoms with E-state index < -0.39 is 0 Å². The lowest BCUT2D eigenvalue weighted by atomic mass is 10.00. The molecule has 0 bridgehead atoms. The van der Waals surface area contributed by atoms with Crippen LogP contribution in [-0.4, -0.2) is 57.7 Å². The van der Waals surface area contributed by atoms with Crippen LogP contribution in [0.5, 0.6) is 0 Å². The summed E-state index contributed by atoms with van der Waals surface area (Å²) in [5.74, 6) is -0.396. The van der Waals surface area contributed by atoms with Gasteiger partial charge < -0.3 is 15.5 Å². The van der Waals surface area contributed by atoms with E-state index in [9.17, 15) is 9.59 Å². The summed E-state index contributed by atoms with van der Waals surface area (Å²) in [5.41, 5.74) is 6.46. The summed E-state index contributed by atoms with van der Waals surface area (Å²) in [7, 11) is 1.90. The van der Waals surface area contributed by atoms with E-state index >= 15 is 0 Å². The summed E-state index contributed by atoms with van der Waals surface area (Å²) >= 11 is 0. The van der Waals surface area contributed by atoms with Crippen molar-refractivity contribution >= 4 is 29.2 Å². The molecule has 0 unspecified atom stereocenters. The van der Waals surface area contributed by atoms with E-state index in [2.05, 4.69) is 38.6 Å². The second kappa shape index (κ2) is 13.3. The highest BCUT2D eigenvalue weighted by Gasteiger charge is 2.15. The third kappa shape index (κ3) is 7.63. The summed E-state index contributed by atoms with van der Waals surface area (Å²) in [5, 5.41) is 10.3. The summed E-state index contributed by atoms with van der Waals surface area (Å²) in [4.78, 5) is 32.9. The van der Waals surface area contributed by atoms with Crippen molar-refractivity contribution < 1.29 is 9.59 Å². The number of hydrogen-bond acceptors (Lipinski definition) is 5. The van der Waals surface area contributed by atoms with Crippen LogP contribution >= 0.6 is 0 Å². The first kappa shape index (κ1) is 28.2. The number of likely N-dealkylation sites (tertiary alicyclic amines) is 1. The number of aryl methyl sites for hydroxylation is 3. The van der Waals surface area contributed by atoms with Crippen LogP contribution in [0.2, 0.25) is 0 Å². The maximum Gasteiger partial charge on any atom is 0.257 e. The van der Waals surface area contributed by atoms with Crippen LogP contribution < -0.4 is 10.6 Å². The summed E-state index contributed by atoms with van der Waals surface area (Å²) in [6.45, 7) is 9.68. The highest BCUT2D eigenvalue weighted by Crippen LogP contribution is 2.25. The van der Waals surface area contributed by atoms with Gasteiger partial charge >= 0.3 is 0 Å². The van der Waals surface area contributed by atoms with Crippen LogP contribution in [0.3, 0.4) is 0 Å². The van der Waals surface area contributed by atoms with Crippen LogP contribution in [0.15, 0.2) is 42.9 Å². The first-order valence-electron chi connectivity index (χ1n) is 13.9. The molecule has 1 aromatic carbocycles. The standard InChI is InChI=1S/C31H40N6O2/c1-5-9-24(28-20-34-36(4)21-28)16-26-17-27(19-33-23(26)3)31(39)35-29-18-25(11-10-22(29)2)30(38)32-12-15-37-13-7-6-8-14-37/h10-11,16-21H,5-9,12-15H2,1-4H3,(H,32,38)(H,35,39)/b24-16+. The third-order valence-corrected chi connectivity index (χ3v) is 7.22. The molecule has 2 aromatic heterocycles. The molecule has 3 heterocycles. The minimum atomic E-state index is -0.263. The van der Waals surface area contributed by atoms with Gasteiger partial charge in [-0.15, -0.1) is 0 Å². The molecule has 2 N–H and O–H groups in total. The third-order valence-electron chi connectivity index (χ3n) is 7.22. The SMILES string of the molecule is CCC/C(=C\c1cc(C(=O)Nc2cc(C(=O)NCCN3CCCCC3)ccc2C)cnc1C)c1cnn(C)c1. The van der Waals surface area contributed by atoms with Crippen LogP contribution in [0.1, 0.15) is 82.1 Å². The fourth-order valence-corrected chi connectivity index (χ4v) is 4.87. The predicted octanol–water partition coefficient (Wildman–Crippen LogP) is 5.24. The van der Waals surface area contributed by atoms with Gasteiger partial charge in [-0.3, -0.25) is 19.3 Å². The van der Waals surface area contributed by atoms with Crippen molar-refractivity contribution in [1.82, 2.24) is 25.0 Å². The first-order valence-corrected chi connectivity index (χ1v) is 13.9. The Hall–Kier alpha value is -3.78. The van der Waals surface area contributed by atoms with Crippen LogP contribution in [0, 0.1) is 13.8 Å². The van der Waals surface area contributed by atoms with Crippen LogP contribution in [0.25, 0.3) is 11.6 Å². The van der Waals surface area contributed by atoms with E-state index in [0.29, 0.717) is 23.4 Å². The first-order chi connectivity index (χ1) is 18.8. The van der Waals surface area contributed by atoms with Gasteiger partial charge in [0.15, 0.2) is 0 Å². The molecular formula is C31H40N6O2. The molecule has 8 nitrogen and oxygen atoms in total. The average Bonchev–Trinajstić information content (AvgIpc) is 3.37. The number of allylic oxidation sites excluding steroid dienone is 1. The molecule has 0 saturated carbocycles. The van der Waals surface area contributed by atoms with Gasteiger partial charge in [0.2, 0.25) is 0 Å². The molecule has 0 spiro atoms. The number of anilines is 1. The smallest absolute Gasteiger partial charge is 0.257 e. The number of amides is 2. The lowest BCUT2D eigenvalue weighted by molar-refractivity contribution is 0.0945. The van der Waals surface area contributed by atoms with E-state index in [4.69, 9.17) is 0 Å². The van der Waals surface area contributed by atoms with E-state index in [1.807, 2.05) is 45.4 Å². The van der Waals surface area contributed by atoms with Gasteiger partial charge in [0.1, 0.15) is 0 Å². The highest BCUT2D eigenvalue weighted by molar-refractivity contribution is 6.06. The Labute approximate surface area is 231 Å². The van der Waals surface area contributed by atoms with Crippen molar-refractivity contribution in [2.24, 2.45) is 7.05 Å². The van der Waals surface area contributed by atoms with Crippen molar-refractivity contribution in [3.05, 3.63) is 76.4 Å². The molecule has 3 aromatic rings. The fourth-order valence-electron chi connectivity index (χ4n) is 4.87. The van der Waals surface area contributed by atoms with Crippen molar-refractivity contribution in [3.63, 3.8) is 0 Å². The maximum atomic E-state index is 13.3. The maximum absolute atomic E-state index is 13.3. The molecule has 39 heavy (non-hydrogen) atoms. The van der Waals surface area contributed by atoms with E-state index in [0.717, 1.165) is 60.4 Å². The number of pyridine rings is 1. The molecule has 206 valence electrons. The fraction of sp³-hybridized carbons (Fsp3) is 0.419. The number of hydrogen-bond donors (Lipinski definition) is 2. The second-order valence-electron chi connectivity index (χ2n) is 10.4. The molecule has 1 aliphatic rings. The molecule has 0 radical (unpaired) electrons. The van der Waals surface area contributed by atoms with Crippen LogP contribution in [0.4, 0.5) is 5.69 Å². The average molecular weight is 529 g/mol. The molecule has 2 amide bonds. The van der Waals surface area contributed by atoms with Gasteiger partial charge in [-0.25, -0.2) is 0 Å². The van der Waals surface area contributed by atoms with E-state index in [1.165, 1.54) is 19.3 Å². The summed E-state index contributed by atoms with van der Waals surface area (Å²) in [6, 6.07) is 7.27. The summed E-state index contributed by atoms with van der Waals surface area (Å²) < 4.78 is 1.79. The number of carbonyl (C=O) groups is 2. The normalized spacial score (nSPS) is 14.3. The highest BCUT2D eigenvalue weighted by atomic mass is 16.2. The molecule has 4 rings (SSSR count). The molecule has 0 aliphatic carbocycles. The number of carbonyl (C=O) groups excluding carboxylic acids is 2.